The predicted octanol–water partition coefficient (Wildman–Crippen LogP) is 2.19. The van der Waals surface area contributed by atoms with Gasteiger partial charge >= 0.3 is 0 Å². The average Bonchev–Trinajstić information content (AvgIpc) is 3.34. The van der Waals surface area contributed by atoms with Crippen LogP contribution >= 0.6 is 0 Å². The largest absolute Gasteiger partial charge is 0.375 e. The fourth-order valence-electron chi connectivity index (χ4n) is 2.96. The number of hydrogen-bond acceptors (Lipinski definition) is 3. The molecule has 1 aliphatic heterocycles. The van der Waals surface area contributed by atoms with E-state index >= 15 is 0 Å². The van der Waals surface area contributed by atoms with Crippen molar-refractivity contribution >= 4 is 5.91 Å². The summed E-state index contributed by atoms with van der Waals surface area (Å²) in [7, 11) is 0. The molecular formula is C18H26N2O2. The van der Waals surface area contributed by atoms with E-state index in [0.29, 0.717) is 18.9 Å². The summed E-state index contributed by atoms with van der Waals surface area (Å²) in [5.41, 5.74) is 1.33. The van der Waals surface area contributed by atoms with Gasteiger partial charge in [0.15, 0.2) is 0 Å². The predicted molar refractivity (Wildman–Crippen MR) is 86.4 cm³/mol. The monoisotopic (exact) mass is 302 g/mol. The van der Waals surface area contributed by atoms with Crippen LogP contribution in [-0.2, 0) is 16.1 Å². The van der Waals surface area contributed by atoms with Gasteiger partial charge in [-0.1, -0.05) is 30.3 Å². The number of carbonyl (C=O) groups excluding carboxylic acids is 1. The number of nitrogens with zero attached hydrogens (tertiary/aromatic N) is 1. The minimum atomic E-state index is 0.106. The summed E-state index contributed by atoms with van der Waals surface area (Å²) in [6, 6.07) is 10.5. The highest BCUT2D eigenvalue weighted by Gasteiger charge is 2.25. The van der Waals surface area contributed by atoms with E-state index in [1.54, 1.807) is 0 Å². The van der Waals surface area contributed by atoms with Crippen molar-refractivity contribution in [3.8, 4) is 0 Å². The van der Waals surface area contributed by atoms with E-state index in [0.717, 1.165) is 32.7 Å². The molecule has 4 nitrogen and oxygen atoms in total. The number of hydrogen-bond donors (Lipinski definition) is 1. The molecule has 1 heterocycles. The lowest BCUT2D eigenvalue weighted by Crippen LogP contribution is -2.40. The van der Waals surface area contributed by atoms with Crippen molar-refractivity contribution in [3.63, 3.8) is 0 Å². The Labute approximate surface area is 132 Å². The third kappa shape index (κ3) is 5.11. The lowest BCUT2D eigenvalue weighted by molar-refractivity contribution is -0.122. The van der Waals surface area contributed by atoms with Crippen molar-refractivity contribution in [3.05, 3.63) is 35.9 Å². The molecule has 2 aliphatic rings. The molecule has 1 atom stereocenters. The van der Waals surface area contributed by atoms with Crippen LogP contribution in [-0.4, -0.2) is 43.2 Å². The first-order valence-corrected chi connectivity index (χ1v) is 8.44. The molecule has 1 saturated heterocycles. The number of ether oxygens (including phenoxy) is 1. The topological polar surface area (TPSA) is 41.6 Å². The first kappa shape index (κ1) is 15.5. The van der Waals surface area contributed by atoms with Crippen molar-refractivity contribution in [1.29, 1.82) is 0 Å². The van der Waals surface area contributed by atoms with Gasteiger partial charge in [0.25, 0.3) is 0 Å². The second-order valence-electron chi connectivity index (χ2n) is 6.52. The molecule has 120 valence electrons. The zero-order valence-corrected chi connectivity index (χ0v) is 13.2. The summed E-state index contributed by atoms with van der Waals surface area (Å²) < 4.78 is 5.89. The number of amides is 1. The van der Waals surface area contributed by atoms with Crippen LogP contribution in [0.1, 0.15) is 31.2 Å². The second-order valence-corrected chi connectivity index (χ2v) is 6.52. The highest BCUT2D eigenvalue weighted by Crippen LogP contribution is 2.32. The first-order valence-electron chi connectivity index (χ1n) is 8.44. The van der Waals surface area contributed by atoms with E-state index in [2.05, 4.69) is 34.5 Å². The molecule has 0 unspecified atom stereocenters. The van der Waals surface area contributed by atoms with Gasteiger partial charge in [-0.05, 0) is 30.7 Å². The number of nitrogens with one attached hydrogen (secondary N) is 1. The van der Waals surface area contributed by atoms with E-state index in [9.17, 15) is 4.79 Å². The summed E-state index contributed by atoms with van der Waals surface area (Å²) in [5.74, 6) is 0.828. The molecule has 3 rings (SSSR count). The standard InChI is InChI=1S/C18H26N2O2/c21-18(11-15-7-8-15)19-12-17-14-20(9-4-10-22-17)13-16-5-2-1-3-6-16/h1-3,5-6,15,17H,4,7-14H2,(H,19,21)/t17-/m1/s1. The smallest absolute Gasteiger partial charge is 0.220 e. The van der Waals surface area contributed by atoms with Crippen LogP contribution in [0, 0.1) is 5.92 Å². The number of benzene rings is 1. The Kier molecular flexibility index (Phi) is 5.46. The summed E-state index contributed by atoms with van der Waals surface area (Å²) in [4.78, 5) is 14.2. The average molecular weight is 302 g/mol. The molecular weight excluding hydrogens is 276 g/mol. The van der Waals surface area contributed by atoms with Gasteiger partial charge in [-0.25, -0.2) is 0 Å². The molecule has 1 aliphatic carbocycles. The fourth-order valence-corrected chi connectivity index (χ4v) is 2.96. The minimum Gasteiger partial charge on any atom is -0.375 e. The minimum absolute atomic E-state index is 0.106. The van der Waals surface area contributed by atoms with Crippen molar-refractivity contribution in [2.75, 3.05) is 26.2 Å². The molecule has 0 radical (unpaired) electrons. The molecule has 22 heavy (non-hydrogen) atoms. The summed E-state index contributed by atoms with van der Waals surface area (Å²) in [6.07, 6.45) is 4.30. The third-order valence-corrected chi connectivity index (χ3v) is 4.38. The zero-order chi connectivity index (χ0) is 15.2. The van der Waals surface area contributed by atoms with Gasteiger partial charge in [-0.2, -0.15) is 0 Å². The van der Waals surface area contributed by atoms with Gasteiger partial charge in [-0.3, -0.25) is 9.69 Å². The number of carbonyl (C=O) groups is 1. The molecule has 0 spiro atoms. The molecule has 1 aromatic rings. The van der Waals surface area contributed by atoms with Crippen LogP contribution in [0.4, 0.5) is 0 Å². The van der Waals surface area contributed by atoms with Crippen LogP contribution in [0.15, 0.2) is 30.3 Å². The van der Waals surface area contributed by atoms with E-state index in [4.69, 9.17) is 4.74 Å². The van der Waals surface area contributed by atoms with E-state index in [-0.39, 0.29) is 12.0 Å². The van der Waals surface area contributed by atoms with Crippen molar-refractivity contribution < 1.29 is 9.53 Å². The van der Waals surface area contributed by atoms with Gasteiger partial charge in [0.05, 0.1) is 6.10 Å². The van der Waals surface area contributed by atoms with E-state index in [1.807, 2.05) is 6.07 Å². The Morgan fingerprint density at radius 1 is 1.27 bits per heavy atom. The van der Waals surface area contributed by atoms with Gasteiger partial charge in [0, 0.05) is 39.2 Å². The third-order valence-electron chi connectivity index (χ3n) is 4.38. The molecule has 1 amide bonds. The highest BCUT2D eigenvalue weighted by atomic mass is 16.5. The summed E-state index contributed by atoms with van der Waals surface area (Å²) in [5, 5.41) is 3.05. The SMILES string of the molecule is O=C(CC1CC1)NC[C@@H]1CN(Cc2ccccc2)CCCO1. The number of rotatable bonds is 6. The van der Waals surface area contributed by atoms with E-state index in [1.165, 1.54) is 18.4 Å². The Balaban J connectivity index is 1.45. The zero-order valence-electron chi connectivity index (χ0n) is 13.2. The maximum absolute atomic E-state index is 11.8. The lowest BCUT2D eigenvalue weighted by atomic mass is 10.2. The van der Waals surface area contributed by atoms with Gasteiger partial charge < -0.3 is 10.1 Å². The Bertz CT molecular complexity index is 473. The molecule has 0 aromatic heterocycles. The molecule has 2 fully saturated rings. The highest BCUT2D eigenvalue weighted by molar-refractivity contribution is 5.76. The fraction of sp³-hybridized carbons (Fsp3) is 0.611. The van der Waals surface area contributed by atoms with Crippen molar-refractivity contribution in [2.24, 2.45) is 5.92 Å². The molecule has 1 saturated carbocycles. The normalized spacial score (nSPS) is 23.0. The van der Waals surface area contributed by atoms with E-state index < -0.39 is 0 Å². The Morgan fingerprint density at radius 3 is 2.86 bits per heavy atom. The molecule has 1 aromatic carbocycles. The van der Waals surface area contributed by atoms with Crippen LogP contribution < -0.4 is 5.32 Å². The maximum atomic E-state index is 11.8. The maximum Gasteiger partial charge on any atom is 0.220 e. The lowest BCUT2D eigenvalue weighted by Gasteiger charge is -2.24. The van der Waals surface area contributed by atoms with Gasteiger partial charge in [0.2, 0.25) is 5.91 Å². The second kappa shape index (κ2) is 7.75. The van der Waals surface area contributed by atoms with Crippen molar-refractivity contribution in [1.82, 2.24) is 10.2 Å². The van der Waals surface area contributed by atoms with Gasteiger partial charge in [-0.15, -0.1) is 0 Å². The quantitative estimate of drug-likeness (QED) is 0.876. The Hall–Kier alpha value is -1.39. The summed E-state index contributed by atoms with van der Waals surface area (Å²) >= 11 is 0. The first-order chi connectivity index (χ1) is 10.8. The van der Waals surface area contributed by atoms with Crippen LogP contribution in [0.25, 0.3) is 0 Å². The van der Waals surface area contributed by atoms with Gasteiger partial charge in [0.1, 0.15) is 0 Å². The van der Waals surface area contributed by atoms with Crippen LogP contribution in [0.3, 0.4) is 0 Å². The van der Waals surface area contributed by atoms with Crippen LogP contribution in [0.2, 0.25) is 0 Å². The van der Waals surface area contributed by atoms with Crippen LogP contribution in [0.5, 0.6) is 0 Å². The van der Waals surface area contributed by atoms with Crippen molar-refractivity contribution in [2.45, 2.75) is 38.3 Å². The summed E-state index contributed by atoms with van der Waals surface area (Å²) in [6.45, 7) is 4.32. The molecule has 0 bridgehead atoms. The Morgan fingerprint density at radius 2 is 2.09 bits per heavy atom. The molecule has 4 heteroatoms. The molecule has 1 N–H and O–H groups in total.